The summed E-state index contributed by atoms with van der Waals surface area (Å²) in [4.78, 5) is 17.1. The standard InChI is InChI=1S/C21H19ClN2O2/c1-2-26-19-8-4-3-7-18(19)21(25)24-20(16-6-5-13-23-14-16)15-9-11-17(22)12-10-15/h3-14,20H,2H2,1H3,(H,24,25)/t20-/m1/s1. The number of carbonyl (C=O) groups is 1. The molecular formula is C21H19ClN2O2. The van der Waals surface area contributed by atoms with Gasteiger partial charge >= 0.3 is 0 Å². The minimum Gasteiger partial charge on any atom is -0.493 e. The van der Waals surface area contributed by atoms with E-state index in [1.807, 2.05) is 43.3 Å². The van der Waals surface area contributed by atoms with Crippen molar-refractivity contribution in [2.45, 2.75) is 13.0 Å². The third kappa shape index (κ3) is 4.21. The Balaban J connectivity index is 1.93. The number of ether oxygens (including phenoxy) is 1. The van der Waals surface area contributed by atoms with Crippen molar-refractivity contribution in [3.8, 4) is 5.75 Å². The van der Waals surface area contributed by atoms with E-state index in [-0.39, 0.29) is 11.9 Å². The lowest BCUT2D eigenvalue weighted by atomic mass is 9.99. The van der Waals surface area contributed by atoms with Crippen LogP contribution in [-0.2, 0) is 0 Å². The minimum absolute atomic E-state index is 0.210. The molecule has 1 aromatic heterocycles. The van der Waals surface area contributed by atoms with Crippen LogP contribution in [0.1, 0.15) is 34.5 Å². The van der Waals surface area contributed by atoms with Crippen molar-refractivity contribution in [3.63, 3.8) is 0 Å². The molecule has 2 aromatic carbocycles. The maximum atomic E-state index is 12.9. The predicted molar refractivity (Wildman–Crippen MR) is 103 cm³/mol. The molecule has 0 saturated carbocycles. The van der Waals surface area contributed by atoms with Crippen LogP contribution in [0, 0.1) is 0 Å². The van der Waals surface area contributed by atoms with Crippen LogP contribution < -0.4 is 10.1 Å². The first-order chi connectivity index (χ1) is 12.7. The molecule has 0 aliphatic carbocycles. The van der Waals surface area contributed by atoms with Crippen molar-refractivity contribution in [3.05, 3.63) is 94.8 Å². The number of hydrogen-bond acceptors (Lipinski definition) is 3. The molecule has 0 aliphatic rings. The van der Waals surface area contributed by atoms with Crippen LogP contribution in [0.4, 0.5) is 0 Å². The van der Waals surface area contributed by atoms with Crippen LogP contribution in [0.15, 0.2) is 73.1 Å². The van der Waals surface area contributed by atoms with Gasteiger partial charge in [0.15, 0.2) is 0 Å². The van der Waals surface area contributed by atoms with E-state index in [0.717, 1.165) is 11.1 Å². The molecule has 1 heterocycles. The quantitative estimate of drug-likeness (QED) is 0.690. The van der Waals surface area contributed by atoms with E-state index in [9.17, 15) is 4.79 Å². The van der Waals surface area contributed by atoms with Crippen molar-refractivity contribution >= 4 is 17.5 Å². The van der Waals surface area contributed by atoms with Crippen LogP contribution in [-0.4, -0.2) is 17.5 Å². The van der Waals surface area contributed by atoms with Gasteiger partial charge in [-0.25, -0.2) is 0 Å². The van der Waals surface area contributed by atoms with Gasteiger partial charge in [0, 0.05) is 17.4 Å². The Morgan fingerprint density at radius 3 is 2.54 bits per heavy atom. The van der Waals surface area contributed by atoms with Gasteiger partial charge in [-0.2, -0.15) is 0 Å². The fourth-order valence-electron chi connectivity index (χ4n) is 2.71. The normalized spacial score (nSPS) is 11.6. The monoisotopic (exact) mass is 366 g/mol. The van der Waals surface area contributed by atoms with Crippen molar-refractivity contribution in [2.24, 2.45) is 0 Å². The number of carbonyl (C=O) groups excluding carboxylic acids is 1. The summed E-state index contributed by atoms with van der Waals surface area (Å²) in [6.07, 6.45) is 3.45. The van der Waals surface area contributed by atoms with E-state index in [0.29, 0.717) is 22.9 Å². The molecule has 0 unspecified atom stereocenters. The lowest BCUT2D eigenvalue weighted by Crippen LogP contribution is -2.29. The Labute approximate surface area is 157 Å². The number of pyridine rings is 1. The molecule has 26 heavy (non-hydrogen) atoms. The molecule has 1 atom stereocenters. The zero-order valence-electron chi connectivity index (χ0n) is 14.4. The Morgan fingerprint density at radius 2 is 1.85 bits per heavy atom. The average molecular weight is 367 g/mol. The Kier molecular flexibility index (Phi) is 5.87. The van der Waals surface area contributed by atoms with Crippen LogP contribution in [0.25, 0.3) is 0 Å². The second kappa shape index (κ2) is 8.50. The Hall–Kier alpha value is -2.85. The van der Waals surface area contributed by atoms with Crippen LogP contribution >= 0.6 is 11.6 Å². The number of hydrogen-bond donors (Lipinski definition) is 1. The fraction of sp³-hybridized carbons (Fsp3) is 0.143. The van der Waals surface area contributed by atoms with Gasteiger partial charge in [0.25, 0.3) is 5.91 Å². The zero-order chi connectivity index (χ0) is 18.4. The molecule has 0 saturated heterocycles. The van der Waals surface area contributed by atoms with Crippen LogP contribution in [0.5, 0.6) is 5.75 Å². The van der Waals surface area contributed by atoms with Gasteiger partial charge in [-0.1, -0.05) is 41.9 Å². The molecule has 0 aliphatic heterocycles. The number of amides is 1. The molecule has 3 aromatic rings. The van der Waals surface area contributed by atoms with Crippen LogP contribution in [0.2, 0.25) is 5.02 Å². The molecule has 0 radical (unpaired) electrons. The highest BCUT2D eigenvalue weighted by Gasteiger charge is 2.20. The highest BCUT2D eigenvalue weighted by atomic mass is 35.5. The summed E-state index contributed by atoms with van der Waals surface area (Å²) < 4.78 is 5.58. The first-order valence-corrected chi connectivity index (χ1v) is 8.75. The Bertz CT molecular complexity index is 867. The summed E-state index contributed by atoms with van der Waals surface area (Å²) in [5, 5.41) is 3.73. The number of nitrogens with one attached hydrogen (secondary N) is 1. The first kappa shape index (κ1) is 18.0. The smallest absolute Gasteiger partial charge is 0.255 e. The van der Waals surface area contributed by atoms with Gasteiger partial charge in [-0.3, -0.25) is 9.78 Å². The molecule has 1 amide bonds. The lowest BCUT2D eigenvalue weighted by Gasteiger charge is -2.20. The molecule has 0 bridgehead atoms. The van der Waals surface area contributed by atoms with Gasteiger partial charge in [0.2, 0.25) is 0 Å². The lowest BCUT2D eigenvalue weighted by molar-refractivity contribution is 0.0939. The molecular weight excluding hydrogens is 348 g/mol. The number of para-hydroxylation sites is 1. The maximum absolute atomic E-state index is 12.9. The molecule has 5 heteroatoms. The summed E-state index contributed by atoms with van der Waals surface area (Å²) >= 11 is 6.00. The second-order valence-electron chi connectivity index (χ2n) is 5.67. The number of rotatable bonds is 6. The molecule has 1 N–H and O–H groups in total. The topological polar surface area (TPSA) is 51.2 Å². The highest BCUT2D eigenvalue weighted by molar-refractivity contribution is 6.30. The van der Waals surface area contributed by atoms with Crippen LogP contribution in [0.3, 0.4) is 0 Å². The van der Waals surface area contributed by atoms with E-state index in [4.69, 9.17) is 16.3 Å². The summed E-state index contributed by atoms with van der Waals surface area (Å²) in [6, 6.07) is 18.0. The third-order valence-corrected chi connectivity index (χ3v) is 4.18. The molecule has 3 rings (SSSR count). The number of halogens is 1. The van der Waals surface area contributed by atoms with Gasteiger partial charge in [-0.15, -0.1) is 0 Å². The highest BCUT2D eigenvalue weighted by Crippen LogP contribution is 2.25. The van der Waals surface area contributed by atoms with E-state index >= 15 is 0 Å². The van der Waals surface area contributed by atoms with Crippen molar-refractivity contribution in [2.75, 3.05) is 6.61 Å². The van der Waals surface area contributed by atoms with Gasteiger partial charge < -0.3 is 10.1 Å². The molecule has 0 spiro atoms. The molecule has 132 valence electrons. The number of aromatic nitrogens is 1. The van der Waals surface area contributed by atoms with E-state index in [2.05, 4.69) is 10.3 Å². The molecule has 0 fully saturated rings. The number of nitrogens with zero attached hydrogens (tertiary/aromatic N) is 1. The fourth-order valence-corrected chi connectivity index (χ4v) is 2.83. The Morgan fingerprint density at radius 1 is 1.08 bits per heavy atom. The van der Waals surface area contributed by atoms with Crippen molar-refractivity contribution < 1.29 is 9.53 Å². The predicted octanol–water partition coefficient (Wildman–Crippen LogP) is 4.65. The summed E-state index contributed by atoms with van der Waals surface area (Å²) in [5.74, 6) is 0.353. The minimum atomic E-state index is -0.344. The maximum Gasteiger partial charge on any atom is 0.255 e. The summed E-state index contributed by atoms with van der Waals surface area (Å²) in [6.45, 7) is 2.38. The average Bonchev–Trinajstić information content (AvgIpc) is 2.68. The van der Waals surface area contributed by atoms with Gasteiger partial charge in [0.05, 0.1) is 18.2 Å². The zero-order valence-corrected chi connectivity index (χ0v) is 15.1. The van der Waals surface area contributed by atoms with E-state index < -0.39 is 0 Å². The molecule has 4 nitrogen and oxygen atoms in total. The van der Waals surface area contributed by atoms with Crippen molar-refractivity contribution in [1.29, 1.82) is 0 Å². The van der Waals surface area contributed by atoms with E-state index in [1.54, 1.807) is 36.7 Å². The van der Waals surface area contributed by atoms with Crippen molar-refractivity contribution in [1.82, 2.24) is 10.3 Å². The largest absolute Gasteiger partial charge is 0.493 e. The third-order valence-electron chi connectivity index (χ3n) is 3.93. The SMILES string of the molecule is CCOc1ccccc1C(=O)N[C@H](c1ccc(Cl)cc1)c1cccnc1. The first-order valence-electron chi connectivity index (χ1n) is 8.37. The summed E-state index contributed by atoms with van der Waals surface area (Å²) in [5.41, 5.74) is 2.30. The second-order valence-corrected chi connectivity index (χ2v) is 6.11. The summed E-state index contributed by atoms with van der Waals surface area (Å²) in [7, 11) is 0. The van der Waals surface area contributed by atoms with Gasteiger partial charge in [0.1, 0.15) is 5.75 Å². The number of benzene rings is 2. The van der Waals surface area contributed by atoms with E-state index in [1.165, 1.54) is 0 Å². The van der Waals surface area contributed by atoms with Gasteiger partial charge in [-0.05, 0) is 48.4 Å².